The lowest BCUT2D eigenvalue weighted by atomic mass is 10.2. The lowest BCUT2D eigenvalue weighted by Crippen LogP contribution is -2.33. The van der Waals surface area contributed by atoms with E-state index in [1.54, 1.807) is 12.3 Å². The topological polar surface area (TPSA) is 45.2 Å². The first-order valence-corrected chi connectivity index (χ1v) is 8.29. The van der Waals surface area contributed by atoms with Crippen LogP contribution in [0.4, 0.5) is 11.4 Å². The number of pyridine rings is 1. The fourth-order valence-electron chi connectivity index (χ4n) is 2.34. The first kappa shape index (κ1) is 17.3. The summed E-state index contributed by atoms with van der Waals surface area (Å²) < 4.78 is 0. The van der Waals surface area contributed by atoms with Gasteiger partial charge >= 0.3 is 0 Å². The molecule has 0 aliphatic rings. The monoisotopic (exact) mass is 331 g/mol. The molecule has 23 heavy (non-hydrogen) atoms. The summed E-state index contributed by atoms with van der Waals surface area (Å²) in [6, 6.07) is 11.1. The van der Waals surface area contributed by atoms with Gasteiger partial charge in [0.05, 0.1) is 0 Å². The number of carbonyl (C=O) groups excluding carboxylic acids is 1. The highest BCUT2D eigenvalue weighted by Gasteiger charge is 2.15. The van der Waals surface area contributed by atoms with Crippen LogP contribution in [-0.2, 0) is 0 Å². The van der Waals surface area contributed by atoms with Crippen LogP contribution in [0.25, 0.3) is 0 Å². The second-order valence-electron chi connectivity index (χ2n) is 5.35. The predicted octanol–water partition coefficient (Wildman–Crippen LogP) is 4.74. The average Bonchev–Trinajstić information content (AvgIpc) is 2.56. The van der Waals surface area contributed by atoms with Crippen molar-refractivity contribution in [2.24, 2.45) is 0 Å². The van der Waals surface area contributed by atoms with Gasteiger partial charge in [-0.1, -0.05) is 25.4 Å². The Balaban J connectivity index is 2.14. The molecule has 2 aromatic rings. The summed E-state index contributed by atoms with van der Waals surface area (Å²) in [5, 5.41) is 3.95. The number of rotatable bonds is 7. The van der Waals surface area contributed by atoms with E-state index in [0.29, 0.717) is 10.7 Å². The van der Waals surface area contributed by atoms with E-state index in [1.165, 1.54) is 0 Å². The molecule has 0 radical (unpaired) electrons. The zero-order valence-corrected chi connectivity index (χ0v) is 14.3. The van der Waals surface area contributed by atoms with E-state index in [0.717, 1.165) is 37.3 Å². The van der Waals surface area contributed by atoms with E-state index in [-0.39, 0.29) is 5.91 Å². The molecule has 5 heteroatoms. The fourth-order valence-corrected chi connectivity index (χ4v) is 2.47. The molecular weight excluding hydrogens is 310 g/mol. The first-order chi connectivity index (χ1) is 11.1. The SMILES string of the molecule is CCCN(CCC)C(=O)c1cc(Nc2ccc(Cl)cc2)ccn1. The lowest BCUT2D eigenvalue weighted by molar-refractivity contribution is 0.0750. The van der Waals surface area contributed by atoms with Gasteiger partial charge in [-0.05, 0) is 49.2 Å². The average molecular weight is 332 g/mol. The molecule has 1 heterocycles. The Labute approximate surface area is 142 Å². The minimum atomic E-state index is -0.0199. The molecular formula is C18H22ClN3O. The van der Waals surface area contributed by atoms with Crippen molar-refractivity contribution >= 4 is 28.9 Å². The van der Waals surface area contributed by atoms with Crippen molar-refractivity contribution in [3.05, 3.63) is 53.3 Å². The largest absolute Gasteiger partial charge is 0.355 e. The number of aromatic nitrogens is 1. The van der Waals surface area contributed by atoms with Gasteiger partial charge in [0.25, 0.3) is 5.91 Å². The second-order valence-corrected chi connectivity index (χ2v) is 5.79. The zero-order chi connectivity index (χ0) is 16.7. The van der Waals surface area contributed by atoms with Crippen molar-refractivity contribution in [2.75, 3.05) is 18.4 Å². The summed E-state index contributed by atoms with van der Waals surface area (Å²) in [7, 11) is 0. The number of benzene rings is 1. The number of anilines is 2. The van der Waals surface area contributed by atoms with Crippen LogP contribution in [0, 0.1) is 0 Å². The number of nitrogens with one attached hydrogen (secondary N) is 1. The summed E-state index contributed by atoms with van der Waals surface area (Å²) >= 11 is 5.89. The van der Waals surface area contributed by atoms with Crippen molar-refractivity contribution in [2.45, 2.75) is 26.7 Å². The van der Waals surface area contributed by atoms with Crippen molar-refractivity contribution < 1.29 is 4.79 Å². The molecule has 0 spiro atoms. The molecule has 0 atom stereocenters. The fraction of sp³-hybridized carbons (Fsp3) is 0.333. The molecule has 0 aliphatic heterocycles. The van der Waals surface area contributed by atoms with E-state index in [9.17, 15) is 4.79 Å². The highest BCUT2D eigenvalue weighted by Crippen LogP contribution is 2.19. The van der Waals surface area contributed by atoms with Gasteiger partial charge < -0.3 is 10.2 Å². The van der Waals surface area contributed by atoms with Crippen molar-refractivity contribution in [1.29, 1.82) is 0 Å². The van der Waals surface area contributed by atoms with Crippen LogP contribution in [0.1, 0.15) is 37.2 Å². The molecule has 1 aromatic heterocycles. The Kier molecular flexibility index (Phi) is 6.41. The Hall–Kier alpha value is -2.07. The van der Waals surface area contributed by atoms with E-state index >= 15 is 0 Å². The molecule has 1 aromatic carbocycles. The van der Waals surface area contributed by atoms with Gasteiger partial charge in [0, 0.05) is 35.7 Å². The third-order valence-electron chi connectivity index (χ3n) is 3.39. The Bertz CT molecular complexity index is 637. The third kappa shape index (κ3) is 4.96. The number of amides is 1. The normalized spacial score (nSPS) is 10.4. The predicted molar refractivity (Wildman–Crippen MR) is 95.5 cm³/mol. The smallest absolute Gasteiger partial charge is 0.272 e. The Morgan fingerprint density at radius 3 is 2.35 bits per heavy atom. The standard InChI is InChI=1S/C18H22ClN3O/c1-3-11-22(12-4-2)18(23)17-13-16(9-10-20-17)21-15-7-5-14(19)6-8-15/h5-10,13H,3-4,11-12H2,1-2H3,(H,20,21). The van der Waals surface area contributed by atoms with E-state index in [4.69, 9.17) is 11.6 Å². The molecule has 4 nitrogen and oxygen atoms in total. The molecule has 2 rings (SSSR count). The summed E-state index contributed by atoms with van der Waals surface area (Å²) in [6.45, 7) is 5.65. The van der Waals surface area contributed by atoms with Crippen LogP contribution in [0.5, 0.6) is 0 Å². The maximum atomic E-state index is 12.6. The van der Waals surface area contributed by atoms with Gasteiger partial charge in [0.1, 0.15) is 5.69 Å². The molecule has 0 fully saturated rings. The summed E-state index contributed by atoms with van der Waals surface area (Å²) in [5.41, 5.74) is 2.21. The van der Waals surface area contributed by atoms with Gasteiger partial charge in [-0.3, -0.25) is 9.78 Å². The number of carbonyl (C=O) groups is 1. The Morgan fingerprint density at radius 1 is 1.09 bits per heavy atom. The third-order valence-corrected chi connectivity index (χ3v) is 3.64. The highest BCUT2D eigenvalue weighted by atomic mass is 35.5. The molecule has 0 saturated carbocycles. The molecule has 0 unspecified atom stereocenters. The van der Waals surface area contributed by atoms with Crippen molar-refractivity contribution in [3.8, 4) is 0 Å². The Morgan fingerprint density at radius 2 is 1.74 bits per heavy atom. The molecule has 1 N–H and O–H groups in total. The van der Waals surface area contributed by atoms with E-state index < -0.39 is 0 Å². The zero-order valence-electron chi connectivity index (χ0n) is 13.6. The van der Waals surface area contributed by atoms with Gasteiger partial charge in [0.2, 0.25) is 0 Å². The van der Waals surface area contributed by atoms with Crippen LogP contribution >= 0.6 is 11.6 Å². The minimum Gasteiger partial charge on any atom is -0.355 e. The van der Waals surface area contributed by atoms with Crippen LogP contribution in [0.2, 0.25) is 5.02 Å². The molecule has 0 bridgehead atoms. The van der Waals surface area contributed by atoms with Crippen LogP contribution < -0.4 is 5.32 Å². The first-order valence-electron chi connectivity index (χ1n) is 7.92. The number of nitrogens with zero attached hydrogens (tertiary/aromatic N) is 2. The lowest BCUT2D eigenvalue weighted by Gasteiger charge is -2.21. The summed E-state index contributed by atoms with van der Waals surface area (Å²) in [5.74, 6) is -0.0199. The van der Waals surface area contributed by atoms with Crippen molar-refractivity contribution in [1.82, 2.24) is 9.88 Å². The highest BCUT2D eigenvalue weighted by molar-refractivity contribution is 6.30. The molecule has 1 amide bonds. The van der Waals surface area contributed by atoms with E-state index in [1.807, 2.05) is 35.2 Å². The number of halogens is 1. The second kappa shape index (κ2) is 8.53. The van der Waals surface area contributed by atoms with Gasteiger partial charge in [-0.2, -0.15) is 0 Å². The van der Waals surface area contributed by atoms with Crippen LogP contribution in [0.15, 0.2) is 42.6 Å². The minimum absolute atomic E-state index is 0.0199. The molecule has 122 valence electrons. The number of hydrogen-bond acceptors (Lipinski definition) is 3. The van der Waals surface area contributed by atoms with Crippen LogP contribution in [-0.4, -0.2) is 28.9 Å². The number of hydrogen-bond donors (Lipinski definition) is 1. The maximum absolute atomic E-state index is 12.6. The molecule has 0 aliphatic carbocycles. The quantitative estimate of drug-likeness (QED) is 0.797. The van der Waals surface area contributed by atoms with Crippen LogP contribution in [0.3, 0.4) is 0 Å². The van der Waals surface area contributed by atoms with Crippen molar-refractivity contribution in [3.63, 3.8) is 0 Å². The van der Waals surface area contributed by atoms with Gasteiger partial charge in [-0.25, -0.2) is 0 Å². The van der Waals surface area contributed by atoms with E-state index in [2.05, 4.69) is 24.1 Å². The van der Waals surface area contributed by atoms with Gasteiger partial charge in [-0.15, -0.1) is 0 Å². The molecule has 0 saturated heterocycles. The van der Waals surface area contributed by atoms with Gasteiger partial charge in [0.15, 0.2) is 0 Å². The summed E-state index contributed by atoms with van der Waals surface area (Å²) in [6.07, 6.45) is 3.53. The maximum Gasteiger partial charge on any atom is 0.272 e. The summed E-state index contributed by atoms with van der Waals surface area (Å²) in [4.78, 5) is 18.7.